The minimum absolute atomic E-state index is 0.0147. The smallest absolute Gasteiger partial charge is 0.387 e. The molecule has 8 aliphatic carbocycles. The molecule has 0 heterocycles. The average Bonchev–Trinajstić information content (AvgIpc) is 3.49. The van der Waals surface area contributed by atoms with E-state index in [2.05, 4.69) is 13.8 Å². The van der Waals surface area contributed by atoms with Gasteiger partial charge in [-0.2, -0.15) is 0 Å². The predicted octanol–water partition coefficient (Wildman–Crippen LogP) is 14.4. The molecule has 12 heteroatoms. The van der Waals surface area contributed by atoms with Crippen molar-refractivity contribution < 1.29 is 57.6 Å². The maximum Gasteiger partial charge on any atom is 0.387 e. The van der Waals surface area contributed by atoms with Gasteiger partial charge < -0.3 is 9.47 Å². The molecule has 8 saturated carbocycles. The van der Waals surface area contributed by atoms with Crippen LogP contribution in [0.25, 0.3) is 0 Å². The van der Waals surface area contributed by atoms with Crippen LogP contribution in [0, 0.1) is 46.3 Å². The molecule has 8 fully saturated rings. The second-order valence-electron chi connectivity index (χ2n) is 24.3. The highest BCUT2D eigenvalue weighted by Gasteiger charge is 2.57. The third-order valence-electron chi connectivity index (χ3n) is 18.4. The summed E-state index contributed by atoms with van der Waals surface area (Å²) >= 11 is 0. The molecule has 12 rings (SSSR count). The minimum atomic E-state index is -1.21. The number of hydrogen-bond donors (Lipinski definition) is 0. The third kappa shape index (κ3) is 11.7. The van der Waals surface area contributed by atoms with Crippen LogP contribution >= 0.6 is 0 Å². The van der Waals surface area contributed by atoms with E-state index < -0.39 is 34.3 Å². The van der Waals surface area contributed by atoms with Crippen LogP contribution in [-0.4, -0.2) is 47.0 Å². The number of benzene rings is 4. The summed E-state index contributed by atoms with van der Waals surface area (Å²) in [5, 5.41) is 0. The molecule has 0 aliphatic heterocycles. The summed E-state index contributed by atoms with van der Waals surface area (Å²) in [4.78, 5) is 124. The number of unbranched alkanes of at least 4 members (excludes halogenated alkanes) is 8. The van der Waals surface area contributed by atoms with Gasteiger partial charge in [0.15, 0.2) is 23.1 Å². The van der Waals surface area contributed by atoms with Gasteiger partial charge in [0.25, 0.3) is 0 Å². The molecule has 0 spiro atoms. The normalized spacial score (nSPS) is 25.1. The van der Waals surface area contributed by atoms with Crippen LogP contribution in [0.15, 0.2) is 84.9 Å². The first-order chi connectivity index (χ1) is 37.7. The quantitative estimate of drug-likeness (QED) is 0.0162. The number of carbonyl (C=O) groups is 8. The van der Waals surface area contributed by atoms with Gasteiger partial charge in [-0.1, -0.05) is 102 Å². The van der Waals surface area contributed by atoms with E-state index in [4.69, 9.17) is 19.2 Å². The molecule has 8 bridgehead atoms. The zero-order valence-corrected chi connectivity index (χ0v) is 45.4. The van der Waals surface area contributed by atoms with Crippen molar-refractivity contribution in [3.8, 4) is 11.5 Å². The van der Waals surface area contributed by atoms with Gasteiger partial charge in [0.1, 0.15) is 11.5 Å². The first-order valence-electron chi connectivity index (χ1n) is 29.2. The van der Waals surface area contributed by atoms with Gasteiger partial charge in [0.05, 0.1) is 33.1 Å². The second-order valence-corrected chi connectivity index (χ2v) is 24.3. The number of ether oxygens (including phenoxy) is 2. The molecule has 410 valence electrons. The number of Topliss-reactive ketones (excluding diaryl/α,β-unsaturated/α-hetero) is 2. The van der Waals surface area contributed by atoms with Crippen LogP contribution < -0.4 is 9.47 Å². The molecule has 0 saturated heterocycles. The van der Waals surface area contributed by atoms with Gasteiger partial charge in [0, 0.05) is 35.1 Å². The zero-order chi connectivity index (χ0) is 54.6. The van der Waals surface area contributed by atoms with Crippen LogP contribution in [0.5, 0.6) is 11.5 Å². The maximum absolute atomic E-state index is 14.8. The van der Waals surface area contributed by atoms with Crippen LogP contribution in [0.3, 0.4) is 0 Å². The molecule has 0 aromatic heterocycles. The molecule has 0 amide bonds. The highest BCUT2D eigenvalue weighted by molar-refractivity contribution is 6.18. The van der Waals surface area contributed by atoms with E-state index in [1.807, 2.05) is 0 Å². The third-order valence-corrected chi connectivity index (χ3v) is 18.4. The first kappa shape index (κ1) is 54.8. The summed E-state index contributed by atoms with van der Waals surface area (Å²) in [5.41, 5.74) is -1.75. The molecule has 4 aromatic carbocycles. The second kappa shape index (κ2) is 23.8. The molecule has 0 unspecified atom stereocenters. The van der Waals surface area contributed by atoms with Crippen molar-refractivity contribution in [3.05, 3.63) is 129 Å². The Morgan fingerprint density at radius 3 is 1.05 bits per heavy atom. The SMILES string of the molecule is CCCCCCCC(=O)c1ccc(OC(=O)C23CC4CC(CC(C4)C2)C3)c(C(=O)c2ccccc2C(=O)OOC(=O)c2ccccc2C(=O)c2cc(C(=O)CCCCCCC)ccc2OC(=O)C23CC4CC(CC(C4)C2)C3)c1. The van der Waals surface area contributed by atoms with E-state index in [1.54, 1.807) is 24.3 Å². The van der Waals surface area contributed by atoms with E-state index in [-0.39, 0.29) is 92.4 Å². The molecule has 0 N–H and O–H groups in total. The molecule has 4 aromatic rings. The number of esters is 2. The lowest BCUT2D eigenvalue weighted by Gasteiger charge is -2.55. The van der Waals surface area contributed by atoms with Gasteiger partial charge in [-0.3, -0.25) is 28.8 Å². The lowest BCUT2D eigenvalue weighted by molar-refractivity contribution is -0.187. The molecular weight excluding hydrogens is 985 g/mol. The van der Waals surface area contributed by atoms with Crippen LogP contribution in [0.4, 0.5) is 0 Å². The van der Waals surface area contributed by atoms with Crippen molar-refractivity contribution in [3.63, 3.8) is 0 Å². The fraction of sp³-hybridized carbons (Fsp3) is 0.515. The zero-order valence-electron chi connectivity index (χ0n) is 45.4. The molecule has 0 radical (unpaired) electrons. The monoisotopic (exact) mass is 1060 g/mol. The van der Waals surface area contributed by atoms with Crippen molar-refractivity contribution in [1.29, 1.82) is 0 Å². The van der Waals surface area contributed by atoms with E-state index in [0.717, 1.165) is 128 Å². The summed E-state index contributed by atoms with van der Waals surface area (Å²) in [7, 11) is 0. The van der Waals surface area contributed by atoms with Gasteiger partial charge in [-0.05, 0) is 174 Å². The van der Waals surface area contributed by atoms with E-state index in [1.165, 1.54) is 60.7 Å². The maximum atomic E-state index is 14.8. The number of hydrogen-bond acceptors (Lipinski definition) is 12. The Balaban J connectivity index is 0.881. The fourth-order valence-electron chi connectivity index (χ4n) is 15.3. The van der Waals surface area contributed by atoms with Crippen molar-refractivity contribution in [2.75, 3.05) is 0 Å². The topological polar surface area (TPSA) is 173 Å². The van der Waals surface area contributed by atoms with Crippen LogP contribution in [0.2, 0.25) is 0 Å². The highest BCUT2D eigenvalue weighted by Crippen LogP contribution is 2.62. The summed E-state index contributed by atoms with van der Waals surface area (Å²) in [5.74, 6) is -2.18. The number of ketones is 4. The number of carbonyl (C=O) groups excluding carboxylic acids is 8. The van der Waals surface area contributed by atoms with E-state index >= 15 is 0 Å². The first-order valence-corrected chi connectivity index (χ1v) is 29.2. The fourth-order valence-corrected chi connectivity index (χ4v) is 15.3. The molecule has 0 atom stereocenters. The van der Waals surface area contributed by atoms with Crippen molar-refractivity contribution >= 4 is 47.0 Å². The van der Waals surface area contributed by atoms with Crippen molar-refractivity contribution in [2.24, 2.45) is 46.3 Å². The van der Waals surface area contributed by atoms with Crippen molar-refractivity contribution in [1.82, 2.24) is 0 Å². The molecular formula is C66H74O12. The van der Waals surface area contributed by atoms with Gasteiger partial charge in [-0.25, -0.2) is 19.4 Å². The van der Waals surface area contributed by atoms with E-state index in [0.29, 0.717) is 48.3 Å². The summed E-state index contributed by atoms with van der Waals surface area (Å²) in [6.07, 6.45) is 21.2. The standard InChI is InChI=1S/C66H74O12/c1-3-5-7-9-11-21-55(67)47-23-25-57(75-63(73)65-35-41-27-42(36-65)29-43(28-41)37-65)53(33-47)59(69)49-17-13-15-19-51(49)61(71)77-78-62(72)52-20-16-14-18-50(52)60(70)54-34-48(56(68)22-12-10-8-6-4-2)24-26-58(54)76-64(74)66-38-44-30-45(39-66)32-46(31-44)40-66/h13-20,23-26,33-34,41-46H,3-12,21-22,27-32,35-40H2,1-2H3. The summed E-state index contributed by atoms with van der Waals surface area (Å²) in [6.45, 7) is 4.25. The van der Waals surface area contributed by atoms with E-state index in [9.17, 15) is 38.4 Å². The van der Waals surface area contributed by atoms with Gasteiger partial charge in [-0.15, -0.1) is 0 Å². The highest BCUT2D eigenvalue weighted by atomic mass is 17.2. The minimum Gasteiger partial charge on any atom is -0.425 e. The Morgan fingerprint density at radius 1 is 0.397 bits per heavy atom. The lowest BCUT2D eigenvalue weighted by Crippen LogP contribution is -2.51. The Morgan fingerprint density at radius 2 is 0.718 bits per heavy atom. The number of rotatable bonds is 24. The van der Waals surface area contributed by atoms with Crippen LogP contribution in [-0.2, 0) is 19.4 Å². The Labute approximate surface area is 458 Å². The molecule has 12 nitrogen and oxygen atoms in total. The largest absolute Gasteiger partial charge is 0.425 e. The Bertz CT molecular complexity index is 2710. The predicted molar refractivity (Wildman–Crippen MR) is 291 cm³/mol. The summed E-state index contributed by atoms with van der Waals surface area (Å²) in [6, 6.07) is 20.6. The molecule has 8 aliphatic rings. The van der Waals surface area contributed by atoms with Crippen molar-refractivity contribution in [2.45, 2.75) is 168 Å². The average molecular weight is 1060 g/mol. The van der Waals surface area contributed by atoms with Crippen LogP contribution in [0.1, 0.15) is 241 Å². The Kier molecular flexibility index (Phi) is 16.7. The summed E-state index contributed by atoms with van der Waals surface area (Å²) < 4.78 is 12.4. The lowest BCUT2D eigenvalue weighted by atomic mass is 9.49. The Hall–Kier alpha value is -6.56. The molecule has 78 heavy (non-hydrogen) atoms. The van der Waals surface area contributed by atoms with Gasteiger partial charge >= 0.3 is 23.9 Å². The van der Waals surface area contributed by atoms with Gasteiger partial charge in [0.2, 0.25) is 0 Å².